The first-order valence-electron chi connectivity index (χ1n) is 5.71. The van der Waals surface area contributed by atoms with Crippen LogP contribution >= 0.6 is 23.2 Å². The summed E-state index contributed by atoms with van der Waals surface area (Å²) < 4.78 is 30.0. The standard InChI is InChI=1S/C11H10Cl2N2O5S/c1-6(2)14-10(16)15(20-11(14)17)21(18,19)9-5-7(12)3-4-8(9)13/h3-6H,1-2H3. The zero-order valence-corrected chi connectivity index (χ0v) is 13.2. The smallest absolute Gasteiger partial charge is 0.301 e. The van der Waals surface area contributed by atoms with Gasteiger partial charge in [-0.3, -0.25) is 0 Å². The van der Waals surface area contributed by atoms with Gasteiger partial charge in [0.05, 0.1) is 5.02 Å². The van der Waals surface area contributed by atoms with E-state index in [4.69, 9.17) is 23.2 Å². The maximum atomic E-state index is 12.4. The molecule has 0 spiro atoms. The molecule has 0 amide bonds. The Labute approximate surface area is 129 Å². The van der Waals surface area contributed by atoms with Crippen molar-refractivity contribution < 1.29 is 12.9 Å². The molecule has 0 aliphatic carbocycles. The average Bonchev–Trinajstić information content (AvgIpc) is 2.68. The summed E-state index contributed by atoms with van der Waals surface area (Å²) in [6.07, 6.45) is 0. The number of benzene rings is 1. The van der Waals surface area contributed by atoms with E-state index in [-0.39, 0.29) is 14.2 Å². The Morgan fingerprint density at radius 1 is 1.19 bits per heavy atom. The molecule has 0 aliphatic rings. The molecule has 2 rings (SSSR count). The SMILES string of the molecule is CC(C)n1c(=O)on(S(=O)(=O)c2cc(Cl)ccc2Cl)c1=O. The van der Waals surface area contributed by atoms with E-state index in [1.165, 1.54) is 12.1 Å². The molecular formula is C11H10Cl2N2O5S. The zero-order valence-electron chi connectivity index (χ0n) is 10.9. The van der Waals surface area contributed by atoms with Gasteiger partial charge in [-0.15, -0.1) is 0 Å². The van der Waals surface area contributed by atoms with E-state index in [0.29, 0.717) is 4.57 Å². The van der Waals surface area contributed by atoms with Gasteiger partial charge < -0.3 is 4.52 Å². The van der Waals surface area contributed by atoms with Crippen LogP contribution in [0.25, 0.3) is 0 Å². The summed E-state index contributed by atoms with van der Waals surface area (Å²) in [5.74, 6) is -1.07. The monoisotopic (exact) mass is 352 g/mol. The fourth-order valence-corrected chi connectivity index (χ4v) is 3.54. The summed E-state index contributed by atoms with van der Waals surface area (Å²) >= 11 is 11.5. The molecule has 0 aliphatic heterocycles. The highest BCUT2D eigenvalue weighted by Crippen LogP contribution is 2.26. The molecule has 0 bridgehead atoms. The minimum atomic E-state index is -4.46. The van der Waals surface area contributed by atoms with E-state index in [1.54, 1.807) is 13.8 Å². The van der Waals surface area contributed by atoms with E-state index in [0.717, 1.165) is 6.07 Å². The molecule has 0 saturated carbocycles. The topological polar surface area (TPSA) is 91.3 Å². The van der Waals surface area contributed by atoms with Gasteiger partial charge in [0.2, 0.25) is 0 Å². The summed E-state index contributed by atoms with van der Waals surface area (Å²) in [5.41, 5.74) is -1.11. The first-order chi connectivity index (χ1) is 9.66. The molecule has 0 radical (unpaired) electrons. The van der Waals surface area contributed by atoms with Crippen molar-refractivity contribution in [2.24, 2.45) is 0 Å². The van der Waals surface area contributed by atoms with Gasteiger partial charge in [-0.1, -0.05) is 23.2 Å². The van der Waals surface area contributed by atoms with Crippen LogP contribution in [0.15, 0.2) is 37.2 Å². The van der Waals surface area contributed by atoms with Crippen LogP contribution in [0.3, 0.4) is 0 Å². The number of hydrogen-bond acceptors (Lipinski definition) is 5. The highest BCUT2D eigenvalue weighted by molar-refractivity contribution is 7.89. The highest BCUT2D eigenvalue weighted by atomic mass is 35.5. The van der Waals surface area contributed by atoms with Crippen molar-refractivity contribution in [2.45, 2.75) is 24.8 Å². The number of aromatic nitrogens is 2. The third-order valence-corrected chi connectivity index (χ3v) is 4.86. The minimum Gasteiger partial charge on any atom is -0.301 e. The van der Waals surface area contributed by atoms with Crippen LogP contribution in [0.1, 0.15) is 19.9 Å². The molecule has 0 fully saturated rings. The van der Waals surface area contributed by atoms with Gasteiger partial charge in [-0.2, -0.15) is 8.42 Å². The van der Waals surface area contributed by atoms with E-state index >= 15 is 0 Å². The van der Waals surface area contributed by atoms with Crippen LogP contribution in [0, 0.1) is 0 Å². The van der Waals surface area contributed by atoms with Crippen LogP contribution in [0.2, 0.25) is 10.0 Å². The van der Waals surface area contributed by atoms with Crippen LogP contribution in [0.4, 0.5) is 0 Å². The average molecular weight is 353 g/mol. The fraction of sp³-hybridized carbons (Fsp3) is 0.273. The highest BCUT2D eigenvalue weighted by Gasteiger charge is 2.28. The lowest BCUT2D eigenvalue weighted by Gasteiger charge is -2.05. The van der Waals surface area contributed by atoms with Gasteiger partial charge in [-0.25, -0.2) is 14.2 Å². The maximum Gasteiger partial charge on any atom is 0.443 e. The Morgan fingerprint density at radius 2 is 1.81 bits per heavy atom. The van der Waals surface area contributed by atoms with Gasteiger partial charge in [0.1, 0.15) is 4.90 Å². The number of nitrogens with zero attached hydrogens (tertiary/aromatic N) is 2. The van der Waals surface area contributed by atoms with Crippen LogP contribution < -0.4 is 11.4 Å². The molecule has 0 saturated heterocycles. The van der Waals surface area contributed by atoms with Crippen LogP contribution in [-0.2, 0) is 10.0 Å². The third-order valence-electron chi connectivity index (χ3n) is 2.63. The first-order valence-corrected chi connectivity index (χ1v) is 7.91. The summed E-state index contributed by atoms with van der Waals surface area (Å²) in [5, 5.41) is -0.0390. The molecule has 1 aromatic heterocycles. The van der Waals surface area contributed by atoms with Gasteiger partial charge in [0, 0.05) is 11.1 Å². The van der Waals surface area contributed by atoms with Gasteiger partial charge in [0.15, 0.2) is 0 Å². The molecule has 7 nitrogen and oxygen atoms in total. The van der Waals surface area contributed by atoms with Crippen molar-refractivity contribution >= 4 is 33.2 Å². The second-order valence-electron chi connectivity index (χ2n) is 4.41. The zero-order chi connectivity index (χ0) is 15.9. The minimum absolute atomic E-state index is 0.00682. The van der Waals surface area contributed by atoms with Crippen LogP contribution in [-0.4, -0.2) is 17.1 Å². The van der Waals surface area contributed by atoms with Crippen molar-refractivity contribution in [1.82, 2.24) is 8.71 Å². The molecule has 1 heterocycles. The summed E-state index contributed by atoms with van der Waals surface area (Å²) in [6.45, 7) is 3.09. The molecule has 21 heavy (non-hydrogen) atoms. The molecule has 1 aromatic carbocycles. The van der Waals surface area contributed by atoms with Crippen LogP contribution in [0.5, 0.6) is 0 Å². The number of rotatable bonds is 3. The summed E-state index contributed by atoms with van der Waals surface area (Å²) in [7, 11) is -4.46. The van der Waals surface area contributed by atoms with E-state index < -0.39 is 32.4 Å². The molecule has 114 valence electrons. The van der Waals surface area contributed by atoms with Crippen molar-refractivity contribution in [3.63, 3.8) is 0 Å². The molecule has 2 aromatic rings. The van der Waals surface area contributed by atoms with Crippen molar-refractivity contribution in [1.29, 1.82) is 0 Å². The second kappa shape index (κ2) is 5.36. The molecule has 10 heteroatoms. The Kier molecular flexibility index (Phi) is 4.05. The largest absolute Gasteiger partial charge is 0.443 e. The Morgan fingerprint density at radius 3 is 2.33 bits per heavy atom. The molecular weight excluding hydrogens is 343 g/mol. The lowest BCUT2D eigenvalue weighted by Crippen LogP contribution is -2.32. The lowest BCUT2D eigenvalue weighted by atomic mass is 10.4. The Bertz CT molecular complexity index is 907. The third kappa shape index (κ3) is 2.66. The summed E-state index contributed by atoms with van der Waals surface area (Å²) in [4.78, 5) is 23.2. The van der Waals surface area contributed by atoms with Crippen molar-refractivity contribution in [3.8, 4) is 0 Å². The Hall–Kier alpha value is -1.51. The molecule has 0 N–H and O–H groups in total. The lowest BCUT2D eigenvalue weighted by molar-refractivity contribution is 0.328. The fourth-order valence-electron chi connectivity index (χ4n) is 1.67. The second-order valence-corrected chi connectivity index (χ2v) is 6.98. The van der Waals surface area contributed by atoms with E-state index in [1.807, 2.05) is 0 Å². The predicted molar refractivity (Wildman–Crippen MR) is 76.7 cm³/mol. The molecule has 0 atom stereocenters. The van der Waals surface area contributed by atoms with E-state index in [2.05, 4.69) is 4.52 Å². The number of hydrogen-bond donors (Lipinski definition) is 0. The van der Waals surface area contributed by atoms with E-state index in [9.17, 15) is 18.0 Å². The maximum absolute atomic E-state index is 12.4. The normalized spacial score (nSPS) is 12.0. The predicted octanol–water partition coefficient (Wildman–Crippen LogP) is 1.73. The first kappa shape index (κ1) is 15.9. The Balaban J connectivity index is 2.77. The molecule has 0 unspecified atom stereocenters. The van der Waals surface area contributed by atoms with Crippen molar-refractivity contribution in [2.75, 3.05) is 0 Å². The van der Waals surface area contributed by atoms with Gasteiger partial charge in [-0.05, 0) is 36.2 Å². The van der Waals surface area contributed by atoms with Crippen molar-refractivity contribution in [3.05, 3.63) is 49.3 Å². The summed E-state index contributed by atoms with van der Waals surface area (Å²) in [6, 6.07) is 3.17. The number of halogens is 2. The van der Waals surface area contributed by atoms with Gasteiger partial charge in [0.25, 0.3) is 0 Å². The quantitative estimate of drug-likeness (QED) is 0.838. The van der Waals surface area contributed by atoms with Gasteiger partial charge >= 0.3 is 21.5 Å².